The third kappa shape index (κ3) is 4.79. The number of nitrogens with one attached hydrogen (secondary N) is 2. The number of ether oxygens (including phenoxy) is 1. The van der Waals surface area contributed by atoms with Crippen molar-refractivity contribution in [3.05, 3.63) is 23.3 Å². The van der Waals surface area contributed by atoms with E-state index in [1.165, 1.54) is 6.92 Å². The van der Waals surface area contributed by atoms with Crippen LogP contribution in [0.5, 0.6) is 0 Å². The van der Waals surface area contributed by atoms with Crippen LogP contribution < -0.4 is 22.1 Å². The zero-order valence-corrected chi connectivity index (χ0v) is 16.2. The summed E-state index contributed by atoms with van der Waals surface area (Å²) in [6, 6.07) is 2.32. The van der Waals surface area contributed by atoms with Gasteiger partial charge in [0, 0.05) is 23.4 Å². The van der Waals surface area contributed by atoms with Crippen molar-refractivity contribution in [2.45, 2.75) is 52.2 Å². The summed E-state index contributed by atoms with van der Waals surface area (Å²) in [5.74, 6) is -1.46. The molecule has 2 atom stereocenters. The zero-order chi connectivity index (χ0) is 21.0. The van der Waals surface area contributed by atoms with Crippen LogP contribution in [0.25, 0.3) is 0 Å². The van der Waals surface area contributed by atoms with Crippen molar-refractivity contribution in [2.75, 3.05) is 11.1 Å². The first-order valence-corrected chi connectivity index (χ1v) is 9.13. The Labute approximate surface area is 163 Å². The zero-order valence-electron chi connectivity index (χ0n) is 16.2. The lowest BCUT2D eigenvalue weighted by molar-refractivity contribution is -0.134. The van der Waals surface area contributed by atoms with Gasteiger partial charge in [0.05, 0.1) is 0 Å². The molecule has 0 aliphatic heterocycles. The van der Waals surface area contributed by atoms with Crippen LogP contribution in [0.15, 0.2) is 12.1 Å². The lowest BCUT2D eigenvalue weighted by Crippen LogP contribution is -2.49. The molecular weight excluding hydrogens is 364 g/mol. The second kappa shape index (κ2) is 8.73. The largest absolute Gasteiger partial charge is 0.436 e. The standard InChI is InChI=1S/C19H26N4O5/c1-9(2)16(28-19(21)27)18(26)22-10(3)17(25)23-13-8-7-12(20)15-11(13)5-4-6-14(15)24/h7-10,16H,4-6,20H2,1-3H3,(H2,21,27)(H,22,26)(H,23,25). The Hall–Kier alpha value is -3.10. The Morgan fingerprint density at radius 3 is 2.39 bits per heavy atom. The highest BCUT2D eigenvalue weighted by atomic mass is 16.6. The summed E-state index contributed by atoms with van der Waals surface area (Å²) in [5, 5.41) is 5.25. The van der Waals surface area contributed by atoms with Gasteiger partial charge in [-0.3, -0.25) is 14.4 Å². The van der Waals surface area contributed by atoms with Gasteiger partial charge in [0.1, 0.15) is 6.04 Å². The Kier molecular flexibility index (Phi) is 6.61. The van der Waals surface area contributed by atoms with E-state index in [0.29, 0.717) is 41.8 Å². The fourth-order valence-corrected chi connectivity index (χ4v) is 3.14. The molecule has 1 aromatic rings. The summed E-state index contributed by atoms with van der Waals surface area (Å²) in [6.45, 7) is 4.88. The van der Waals surface area contributed by atoms with Crippen LogP contribution in [-0.2, 0) is 20.7 Å². The SMILES string of the molecule is CC(NC(=O)C(OC(N)=O)C(C)C)C(=O)Nc1ccc(N)c2c1CCCC2=O. The molecule has 0 aromatic heterocycles. The summed E-state index contributed by atoms with van der Waals surface area (Å²) in [5.41, 5.74) is 13.0. The molecule has 3 amide bonds. The summed E-state index contributed by atoms with van der Waals surface area (Å²) in [6.07, 6.45) is -0.425. The van der Waals surface area contributed by atoms with Crippen LogP contribution in [0.4, 0.5) is 16.2 Å². The van der Waals surface area contributed by atoms with Crippen molar-refractivity contribution in [1.82, 2.24) is 5.32 Å². The number of carbonyl (C=O) groups excluding carboxylic acids is 4. The average Bonchev–Trinajstić information content (AvgIpc) is 2.61. The number of Topliss-reactive ketones (excluding diaryl/α,β-unsaturated/α-hetero) is 1. The molecule has 0 fully saturated rings. The van der Waals surface area contributed by atoms with Crippen molar-refractivity contribution < 1.29 is 23.9 Å². The highest BCUT2D eigenvalue weighted by Crippen LogP contribution is 2.32. The number of amides is 3. The minimum Gasteiger partial charge on any atom is -0.436 e. The van der Waals surface area contributed by atoms with Gasteiger partial charge in [0.25, 0.3) is 5.91 Å². The van der Waals surface area contributed by atoms with Crippen LogP contribution in [0.2, 0.25) is 0 Å². The number of primary amides is 1. The van der Waals surface area contributed by atoms with Crippen LogP contribution >= 0.6 is 0 Å². The van der Waals surface area contributed by atoms with Gasteiger partial charge >= 0.3 is 6.09 Å². The van der Waals surface area contributed by atoms with Crippen LogP contribution in [-0.4, -0.2) is 35.8 Å². The lowest BCUT2D eigenvalue weighted by atomic mass is 9.88. The summed E-state index contributed by atoms with van der Waals surface area (Å²) < 4.78 is 4.82. The van der Waals surface area contributed by atoms with Gasteiger partial charge in [-0.1, -0.05) is 13.8 Å². The quantitative estimate of drug-likeness (QED) is 0.538. The van der Waals surface area contributed by atoms with E-state index in [0.717, 1.165) is 0 Å². The third-order valence-electron chi connectivity index (χ3n) is 4.57. The predicted octanol–water partition coefficient (Wildman–Crippen LogP) is 1.35. The molecule has 0 heterocycles. The van der Waals surface area contributed by atoms with E-state index in [1.54, 1.807) is 26.0 Å². The van der Waals surface area contributed by atoms with Gasteiger partial charge in [-0.25, -0.2) is 4.79 Å². The molecule has 152 valence electrons. The van der Waals surface area contributed by atoms with Gasteiger partial charge < -0.3 is 26.8 Å². The Balaban J connectivity index is 2.11. The maximum absolute atomic E-state index is 12.5. The number of benzene rings is 1. The second-order valence-corrected chi connectivity index (χ2v) is 7.15. The first kappa shape index (κ1) is 21.2. The second-order valence-electron chi connectivity index (χ2n) is 7.15. The van der Waals surface area contributed by atoms with Crippen molar-refractivity contribution in [1.29, 1.82) is 0 Å². The molecule has 2 unspecified atom stereocenters. The average molecular weight is 390 g/mol. The van der Waals surface area contributed by atoms with Crippen LogP contribution in [0.3, 0.4) is 0 Å². The number of fused-ring (bicyclic) bond motifs is 1. The Bertz CT molecular complexity index is 806. The van der Waals surface area contributed by atoms with E-state index < -0.39 is 30.1 Å². The van der Waals surface area contributed by atoms with Crippen molar-refractivity contribution in [3.63, 3.8) is 0 Å². The van der Waals surface area contributed by atoms with Crippen LogP contribution in [0.1, 0.15) is 49.5 Å². The van der Waals surface area contributed by atoms with E-state index in [-0.39, 0.29) is 11.7 Å². The smallest absolute Gasteiger partial charge is 0.405 e. The fraction of sp³-hybridized carbons (Fsp3) is 0.474. The number of ketones is 1. The van der Waals surface area contributed by atoms with E-state index in [1.807, 2.05) is 0 Å². The number of hydrogen-bond acceptors (Lipinski definition) is 6. The first-order valence-electron chi connectivity index (χ1n) is 9.13. The summed E-state index contributed by atoms with van der Waals surface area (Å²) in [7, 11) is 0. The summed E-state index contributed by atoms with van der Waals surface area (Å²) >= 11 is 0. The molecular formula is C19H26N4O5. The number of rotatable bonds is 6. The number of nitrogen functional groups attached to an aromatic ring is 1. The maximum atomic E-state index is 12.5. The highest BCUT2D eigenvalue weighted by Gasteiger charge is 2.29. The molecule has 1 aromatic carbocycles. The molecule has 0 saturated heterocycles. The number of nitrogens with two attached hydrogens (primary N) is 2. The lowest BCUT2D eigenvalue weighted by Gasteiger charge is -2.23. The third-order valence-corrected chi connectivity index (χ3v) is 4.57. The molecule has 0 saturated carbocycles. The minimum atomic E-state index is -1.10. The van der Waals surface area contributed by atoms with Crippen molar-refractivity contribution >= 4 is 35.1 Å². The van der Waals surface area contributed by atoms with Crippen LogP contribution in [0, 0.1) is 5.92 Å². The number of carbonyl (C=O) groups is 4. The molecule has 9 heteroatoms. The topological polar surface area (TPSA) is 154 Å². The molecule has 28 heavy (non-hydrogen) atoms. The van der Waals surface area contributed by atoms with E-state index in [4.69, 9.17) is 16.2 Å². The highest BCUT2D eigenvalue weighted by molar-refractivity contribution is 6.06. The van der Waals surface area contributed by atoms with Crippen molar-refractivity contribution in [2.24, 2.45) is 11.7 Å². The predicted molar refractivity (Wildman–Crippen MR) is 104 cm³/mol. The molecule has 9 nitrogen and oxygen atoms in total. The van der Waals surface area contributed by atoms with Gasteiger partial charge in [-0.2, -0.15) is 0 Å². The van der Waals surface area contributed by atoms with E-state index >= 15 is 0 Å². The molecule has 0 bridgehead atoms. The molecule has 1 aliphatic carbocycles. The molecule has 0 radical (unpaired) electrons. The minimum absolute atomic E-state index is 0.0421. The Morgan fingerprint density at radius 1 is 1.11 bits per heavy atom. The van der Waals surface area contributed by atoms with Gasteiger partial charge in [-0.15, -0.1) is 0 Å². The van der Waals surface area contributed by atoms with Gasteiger partial charge in [0.15, 0.2) is 11.9 Å². The van der Waals surface area contributed by atoms with Crippen molar-refractivity contribution in [3.8, 4) is 0 Å². The normalized spacial score (nSPS) is 15.4. The van der Waals surface area contributed by atoms with E-state index in [9.17, 15) is 19.2 Å². The van der Waals surface area contributed by atoms with E-state index in [2.05, 4.69) is 10.6 Å². The van der Waals surface area contributed by atoms with Gasteiger partial charge in [-0.05, 0) is 43.4 Å². The first-order chi connectivity index (χ1) is 13.1. The fourth-order valence-electron chi connectivity index (χ4n) is 3.14. The van der Waals surface area contributed by atoms with Gasteiger partial charge in [0.2, 0.25) is 5.91 Å². The molecule has 6 N–H and O–H groups in total. The number of anilines is 2. The maximum Gasteiger partial charge on any atom is 0.405 e. The Morgan fingerprint density at radius 2 is 1.79 bits per heavy atom. The molecule has 2 rings (SSSR count). The monoisotopic (exact) mass is 390 g/mol. The molecule has 1 aliphatic rings. The molecule has 0 spiro atoms. The number of hydrogen-bond donors (Lipinski definition) is 4. The summed E-state index contributed by atoms with van der Waals surface area (Å²) in [4.78, 5) is 48.0.